The summed E-state index contributed by atoms with van der Waals surface area (Å²) in [6.45, 7) is 8.33. The van der Waals surface area contributed by atoms with Crippen molar-refractivity contribution in [2.45, 2.75) is 71.1 Å². The number of nitrogens with zero attached hydrogens (tertiary/aromatic N) is 2. The molecule has 0 saturated carbocycles. The summed E-state index contributed by atoms with van der Waals surface area (Å²) in [5, 5.41) is 4.93. The third-order valence-electron chi connectivity index (χ3n) is 7.29. The minimum Gasteiger partial charge on any atom is -0.340 e. The topological polar surface area (TPSA) is 113 Å². The van der Waals surface area contributed by atoms with E-state index in [1.165, 1.54) is 0 Å². The maximum absolute atomic E-state index is 13.7. The fourth-order valence-corrected chi connectivity index (χ4v) is 6.28. The second-order valence-corrected chi connectivity index (χ2v) is 12.2. The molecule has 38 heavy (non-hydrogen) atoms. The van der Waals surface area contributed by atoms with Gasteiger partial charge in [0.1, 0.15) is 12.1 Å². The third-order valence-corrected chi connectivity index (χ3v) is 8.21. The SMILES string of the molecule is CC(C)CC(N)C(=O)N1CC(=O)C2C1CCN2C(=O)C(CC(C)C)NC(=O)c1ccc(-c2cccs2)cc1. The molecule has 0 bridgehead atoms. The number of carbonyl (C=O) groups excluding carboxylic acids is 4. The zero-order valence-corrected chi connectivity index (χ0v) is 23.4. The van der Waals surface area contributed by atoms with E-state index in [1.807, 2.05) is 57.3 Å². The van der Waals surface area contributed by atoms with E-state index >= 15 is 0 Å². The minimum absolute atomic E-state index is 0.0263. The molecule has 2 aliphatic rings. The van der Waals surface area contributed by atoms with Crippen molar-refractivity contribution in [1.29, 1.82) is 0 Å². The van der Waals surface area contributed by atoms with Crippen LogP contribution in [0.1, 0.15) is 57.3 Å². The van der Waals surface area contributed by atoms with Gasteiger partial charge in [-0.2, -0.15) is 0 Å². The van der Waals surface area contributed by atoms with Crippen molar-refractivity contribution in [2.75, 3.05) is 13.1 Å². The average Bonchev–Trinajstić information content (AvgIpc) is 3.61. The number of carbonyl (C=O) groups is 4. The fourth-order valence-electron chi connectivity index (χ4n) is 5.54. The number of ketones is 1. The highest BCUT2D eigenvalue weighted by molar-refractivity contribution is 7.13. The molecule has 4 rings (SSSR count). The molecule has 204 valence electrons. The van der Waals surface area contributed by atoms with Crippen molar-refractivity contribution < 1.29 is 19.2 Å². The van der Waals surface area contributed by atoms with Gasteiger partial charge in [0.2, 0.25) is 11.8 Å². The Morgan fingerprint density at radius 3 is 2.29 bits per heavy atom. The molecule has 2 saturated heterocycles. The first-order valence-electron chi connectivity index (χ1n) is 13.4. The molecule has 3 N–H and O–H groups in total. The van der Waals surface area contributed by atoms with Crippen molar-refractivity contribution in [3.63, 3.8) is 0 Å². The van der Waals surface area contributed by atoms with Gasteiger partial charge in [0.05, 0.1) is 18.6 Å². The molecule has 3 heterocycles. The summed E-state index contributed by atoms with van der Waals surface area (Å²) >= 11 is 1.63. The predicted octanol–water partition coefficient (Wildman–Crippen LogP) is 3.31. The van der Waals surface area contributed by atoms with Crippen LogP contribution in [0.25, 0.3) is 10.4 Å². The number of nitrogens with two attached hydrogens (primary N) is 1. The van der Waals surface area contributed by atoms with Crippen LogP contribution in [-0.2, 0) is 14.4 Å². The normalized spacial score (nSPS) is 20.7. The summed E-state index contributed by atoms with van der Waals surface area (Å²) in [6, 6.07) is 8.86. The smallest absolute Gasteiger partial charge is 0.251 e. The molecule has 0 aliphatic carbocycles. The highest BCUT2D eigenvalue weighted by Crippen LogP contribution is 2.31. The number of amides is 3. The number of likely N-dealkylation sites (tertiary alicyclic amines) is 2. The Morgan fingerprint density at radius 1 is 1.00 bits per heavy atom. The van der Waals surface area contributed by atoms with Gasteiger partial charge in [0, 0.05) is 17.0 Å². The summed E-state index contributed by atoms with van der Waals surface area (Å²) in [5.74, 6) is -0.570. The van der Waals surface area contributed by atoms with Crippen LogP contribution in [0, 0.1) is 11.8 Å². The first-order valence-corrected chi connectivity index (χ1v) is 14.3. The quantitative estimate of drug-likeness (QED) is 0.509. The van der Waals surface area contributed by atoms with E-state index < -0.39 is 18.1 Å². The molecule has 4 atom stereocenters. The Balaban J connectivity index is 1.46. The van der Waals surface area contributed by atoms with Gasteiger partial charge in [-0.15, -0.1) is 11.3 Å². The molecule has 4 unspecified atom stereocenters. The van der Waals surface area contributed by atoms with E-state index in [4.69, 9.17) is 5.73 Å². The van der Waals surface area contributed by atoms with Gasteiger partial charge in [-0.25, -0.2) is 0 Å². The Bertz CT molecular complexity index is 1160. The molecule has 8 nitrogen and oxygen atoms in total. The summed E-state index contributed by atoms with van der Waals surface area (Å²) in [4.78, 5) is 57.2. The molecule has 1 aromatic carbocycles. The van der Waals surface area contributed by atoms with Crippen LogP contribution >= 0.6 is 11.3 Å². The van der Waals surface area contributed by atoms with Crippen LogP contribution in [-0.4, -0.2) is 70.6 Å². The maximum Gasteiger partial charge on any atom is 0.251 e. The highest BCUT2D eigenvalue weighted by atomic mass is 32.1. The van der Waals surface area contributed by atoms with Crippen LogP contribution < -0.4 is 11.1 Å². The Morgan fingerprint density at radius 2 is 1.68 bits per heavy atom. The van der Waals surface area contributed by atoms with Gasteiger partial charge in [-0.05, 0) is 60.2 Å². The molecule has 0 spiro atoms. The number of rotatable bonds is 9. The number of benzene rings is 1. The van der Waals surface area contributed by atoms with E-state index in [9.17, 15) is 19.2 Å². The molecular weight excluding hydrogens is 500 g/mol. The molecule has 2 aromatic rings. The lowest BCUT2D eigenvalue weighted by molar-refractivity contribution is -0.138. The number of hydrogen-bond donors (Lipinski definition) is 2. The molecule has 0 radical (unpaired) electrons. The standard InChI is InChI=1S/C29H38N4O4S/c1-17(2)14-21(30)28(36)33-16-24(34)26-23(33)11-12-32(26)29(37)22(15-18(3)4)31-27(35)20-9-7-19(8-10-20)25-6-5-13-38-25/h5-10,13,17-18,21-23,26H,11-12,14-16,30H2,1-4H3,(H,31,35). The van der Waals surface area contributed by atoms with Crippen molar-refractivity contribution >= 4 is 34.8 Å². The van der Waals surface area contributed by atoms with E-state index in [1.54, 1.807) is 33.3 Å². The van der Waals surface area contributed by atoms with Crippen LogP contribution in [0.5, 0.6) is 0 Å². The zero-order valence-electron chi connectivity index (χ0n) is 22.6. The van der Waals surface area contributed by atoms with Crippen molar-refractivity contribution in [1.82, 2.24) is 15.1 Å². The molecule has 2 fully saturated rings. The Kier molecular flexibility index (Phi) is 8.67. The minimum atomic E-state index is -0.765. The van der Waals surface area contributed by atoms with Gasteiger partial charge in [-0.1, -0.05) is 45.9 Å². The second-order valence-electron chi connectivity index (χ2n) is 11.2. The van der Waals surface area contributed by atoms with E-state index in [0.29, 0.717) is 31.4 Å². The van der Waals surface area contributed by atoms with Gasteiger partial charge in [0.25, 0.3) is 5.91 Å². The van der Waals surface area contributed by atoms with Crippen LogP contribution in [0.4, 0.5) is 0 Å². The second kappa shape index (κ2) is 11.8. The molecule has 2 aliphatic heterocycles. The van der Waals surface area contributed by atoms with Crippen LogP contribution in [0.15, 0.2) is 41.8 Å². The number of nitrogens with one attached hydrogen (secondary N) is 1. The summed E-state index contributed by atoms with van der Waals surface area (Å²) in [6.07, 6.45) is 1.51. The van der Waals surface area contributed by atoms with Gasteiger partial charge < -0.3 is 20.9 Å². The first-order chi connectivity index (χ1) is 18.1. The van der Waals surface area contributed by atoms with Crippen molar-refractivity contribution in [3.05, 3.63) is 47.3 Å². The zero-order chi connectivity index (χ0) is 27.6. The Labute approximate surface area is 228 Å². The monoisotopic (exact) mass is 538 g/mol. The number of Topliss-reactive ketones (excluding diaryl/α,β-unsaturated/α-hetero) is 1. The maximum atomic E-state index is 13.7. The fraction of sp³-hybridized carbons (Fsp3) is 0.517. The molecule has 3 amide bonds. The van der Waals surface area contributed by atoms with Gasteiger partial charge >= 0.3 is 0 Å². The molecule has 1 aromatic heterocycles. The average molecular weight is 539 g/mol. The summed E-state index contributed by atoms with van der Waals surface area (Å²) in [5.41, 5.74) is 7.64. The lowest BCUT2D eigenvalue weighted by Gasteiger charge is -2.29. The molecule has 9 heteroatoms. The van der Waals surface area contributed by atoms with Gasteiger partial charge in [-0.3, -0.25) is 19.2 Å². The first kappa shape index (κ1) is 28.0. The number of hydrogen-bond acceptors (Lipinski definition) is 6. The Hall–Kier alpha value is -3.04. The van der Waals surface area contributed by atoms with Crippen molar-refractivity contribution in [2.24, 2.45) is 17.6 Å². The summed E-state index contributed by atoms with van der Waals surface area (Å²) in [7, 11) is 0. The third kappa shape index (κ3) is 5.99. The lowest BCUT2D eigenvalue weighted by Crippen LogP contribution is -2.53. The van der Waals surface area contributed by atoms with Crippen molar-refractivity contribution in [3.8, 4) is 10.4 Å². The van der Waals surface area contributed by atoms with Crippen LogP contribution in [0.3, 0.4) is 0 Å². The number of fused-ring (bicyclic) bond motifs is 1. The summed E-state index contributed by atoms with van der Waals surface area (Å²) < 4.78 is 0. The van der Waals surface area contributed by atoms with E-state index in [0.717, 1.165) is 10.4 Å². The van der Waals surface area contributed by atoms with Crippen LogP contribution in [0.2, 0.25) is 0 Å². The predicted molar refractivity (Wildman–Crippen MR) is 149 cm³/mol. The molecular formula is C29H38N4O4S. The van der Waals surface area contributed by atoms with Gasteiger partial charge in [0.15, 0.2) is 5.78 Å². The lowest BCUT2D eigenvalue weighted by atomic mass is 10.0. The van der Waals surface area contributed by atoms with E-state index in [2.05, 4.69) is 5.32 Å². The van der Waals surface area contributed by atoms with E-state index in [-0.39, 0.29) is 47.9 Å². The highest BCUT2D eigenvalue weighted by Gasteiger charge is 2.52. The largest absolute Gasteiger partial charge is 0.340 e. The number of thiophene rings is 1.